The van der Waals surface area contributed by atoms with Crippen LogP contribution in [0, 0.1) is 20.8 Å². The van der Waals surface area contributed by atoms with Crippen LogP contribution in [0.4, 0.5) is 0 Å². The lowest BCUT2D eigenvalue weighted by atomic mass is 10.1. The second-order valence-corrected chi connectivity index (χ2v) is 7.47. The van der Waals surface area contributed by atoms with Gasteiger partial charge in [0.25, 0.3) is 0 Å². The van der Waals surface area contributed by atoms with Crippen LogP contribution in [0.25, 0.3) is 16.9 Å². The standard InChI is InChI=1S/C23H24N6O3/c1-14-8-6-10-20(29-23(30)28(4)26-27-29)18(14)13-32-22-15(2)12-17(16(3)24-22)19-9-7-11-21(25-19)31-5/h6-12H,13H2,1-5H3. The average Bonchev–Trinajstić information content (AvgIpc) is 3.12. The Kier molecular flexibility index (Phi) is 5.72. The number of rotatable bonds is 6. The quantitative estimate of drug-likeness (QED) is 0.462. The van der Waals surface area contributed by atoms with Crippen molar-refractivity contribution >= 4 is 0 Å². The summed E-state index contributed by atoms with van der Waals surface area (Å²) in [4.78, 5) is 21.5. The minimum Gasteiger partial charge on any atom is -0.481 e. The minimum absolute atomic E-state index is 0.231. The molecule has 0 atom stereocenters. The first-order chi connectivity index (χ1) is 15.4. The predicted octanol–water partition coefficient (Wildman–Crippen LogP) is 2.94. The Hall–Kier alpha value is -4.01. The molecule has 32 heavy (non-hydrogen) atoms. The third-order valence-corrected chi connectivity index (χ3v) is 5.25. The van der Waals surface area contributed by atoms with Crippen LogP contribution in [0.5, 0.6) is 11.8 Å². The number of aryl methyl sites for hydroxylation is 4. The van der Waals surface area contributed by atoms with Gasteiger partial charge in [-0.3, -0.25) is 0 Å². The van der Waals surface area contributed by atoms with Crippen molar-refractivity contribution in [3.63, 3.8) is 0 Å². The Balaban J connectivity index is 1.65. The van der Waals surface area contributed by atoms with Gasteiger partial charge in [-0.1, -0.05) is 18.2 Å². The number of hydrogen-bond donors (Lipinski definition) is 0. The van der Waals surface area contributed by atoms with E-state index < -0.39 is 0 Å². The molecule has 0 bridgehead atoms. The SMILES string of the molecule is COc1cccc(-c2cc(C)c(OCc3c(C)cccc3-n3nnn(C)c3=O)nc2C)n1. The number of tetrazole rings is 1. The summed E-state index contributed by atoms with van der Waals surface area (Å²) in [7, 11) is 3.15. The number of ether oxygens (including phenoxy) is 2. The zero-order valence-corrected chi connectivity index (χ0v) is 18.7. The van der Waals surface area contributed by atoms with Crippen molar-refractivity contribution in [1.29, 1.82) is 0 Å². The molecule has 164 valence electrons. The van der Waals surface area contributed by atoms with Crippen LogP contribution >= 0.6 is 0 Å². The fraction of sp³-hybridized carbons (Fsp3) is 0.261. The molecule has 0 amide bonds. The van der Waals surface area contributed by atoms with Gasteiger partial charge in [-0.05, 0) is 55.0 Å². The molecule has 9 nitrogen and oxygen atoms in total. The van der Waals surface area contributed by atoms with Gasteiger partial charge in [0.1, 0.15) is 6.61 Å². The summed E-state index contributed by atoms with van der Waals surface area (Å²) in [6.07, 6.45) is 0. The highest BCUT2D eigenvalue weighted by molar-refractivity contribution is 5.64. The van der Waals surface area contributed by atoms with E-state index in [0.717, 1.165) is 33.6 Å². The Labute approximate surface area is 185 Å². The van der Waals surface area contributed by atoms with E-state index in [1.54, 1.807) is 20.2 Å². The van der Waals surface area contributed by atoms with Gasteiger partial charge in [0.15, 0.2) is 0 Å². The molecular weight excluding hydrogens is 408 g/mol. The Morgan fingerprint density at radius 1 is 0.969 bits per heavy atom. The predicted molar refractivity (Wildman–Crippen MR) is 119 cm³/mol. The molecule has 0 saturated heterocycles. The molecule has 3 heterocycles. The van der Waals surface area contributed by atoms with Gasteiger partial charge in [0.05, 0.1) is 24.2 Å². The maximum atomic E-state index is 12.4. The summed E-state index contributed by atoms with van der Waals surface area (Å²) in [6.45, 7) is 6.06. The second-order valence-electron chi connectivity index (χ2n) is 7.47. The van der Waals surface area contributed by atoms with Crippen molar-refractivity contribution in [1.82, 2.24) is 29.8 Å². The molecule has 0 N–H and O–H groups in total. The maximum Gasteiger partial charge on any atom is 0.368 e. The number of aromatic nitrogens is 6. The summed E-state index contributed by atoms with van der Waals surface area (Å²) >= 11 is 0. The van der Waals surface area contributed by atoms with Crippen molar-refractivity contribution in [2.45, 2.75) is 27.4 Å². The summed E-state index contributed by atoms with van der Waals surface area (Å²) in [5.74, 6) is 1.07. The summed E-state index contributed by atoms with van der Waals surface area (Å²) < 4.78 is 13.8. The van der Waals surface area contributed by atoms with E-state index in [4.69, 9.17) is 9.47 Å². The molecule has 0 radical (unpaired) electrons. The van der Waals surface area contributed by atoms with E-state index in [2.05, 4.69) is 20.4 Å². The second kappa shape index (κ2) is 8.62. The normalized spacial score (nSPS) is 10.9. The molecule has 1 aromatic carbocycles. The molecule has 9 heteroatoms. The first kappa shape index (κ1) is 21.2. The highest BCUT2D eigenvalue weighted by atomic mass is 16.5. The largest absolute Gasteiger partial charge is 0.481 e. The monoisotopic (exact) mass is 432 g/mol. The average molecular weight is 432 g/mol. The number of hydrogen-bond acceptors (Lipinski definition) is 7. The van der Waals surface area contributed by atoms with Crippen LogP contribution in [0.1, 0.15) is 22.4 Å². The smallest absolute Gasteiger partial charge is 0.368 e. The fourth-order valence-electron chi connectivity index (χ4n) is 3.45. The molecule has 4 aromatic rings. The first-order valence-electron chi connectivity index (χ1n) is 10.1. The molecule has 0 aliphatic heterocycles. The van der Waals surface area contributed by atoms with Crippen LogP contribution in [-0.2, 0) is 13.7 Å². The first-order valence-corrected chi connectivity index (χ1v) is 10.1. The molecule has 3 aromatic heterocycles. The number of pyridine rings is 2. The van der Waals surface area contributed by atoms with Crippen LogP contribution in [0.3, 0.4) is 0 Å². The topological polar surface area (TPSA) is 97.0 Å². The molecule has 0 spiro atoms. The fourth-order valence-corrected chi connectivity index (χ4v) is 3.45. The summed E-state index contributed by atoms with van der Waals surface area (Å²) in [5, 5.41) is 7.77. The van der Waals surface area contributed by atoms with E-state index >= 15 is 0 Å². The van der Waals surface area contributed by atoms with Gasteiger partial charge in [0, 0.05) is 29.8 Å². The van der Waals surface area contributed by atoms with Gasteiger partial charge >= 0.3 is 5.69 Å². The van der Waals surface area contributed by atoms with Gasteiger partial charge in [-0.2, -0.15) is 9.36 Å². The summed E-state index contributed by atoms with van der Waals surface area (Å²) in [5.41, 5.74) is 5.50. The van der Waals surface area contributed by atoms with Crippen LogP contribution < -0.4 is 15.2 Å². The molecule has 0 saturated carbocycles. The highest BCUT2D eigenvalue weighted by Gasteiger charge is 2.16. The highest BCUT2D eigenvalue weighted by Crippen LogP contribution is 2.28. The van der Waals surface area contributed by atoms with Crippen LogP contribution in [0.15, 0.2) is 47.3 Å². The van der Waals surface area contributed by atoms with E-state index in [-0.39, 0.29) is 12.3 Å². The third kappa shape index (κ3) is 3.96. The van der Waals surface area contributed by atoms with Crippen LogP contribution in [-0.4, -0.2) is 36.9 Å². The lowest BCUT2D eigenvalue weighted by Crippen LogP contribution is -2.23. The van der Waals surface area contributed by atoms with Crippen LogP contribution in [0.2, 0.25) is 0 Å². The minimum atomic E-state index is -0.322. The zero-order chi connectivity index (χ0) is 22.8. The van der Waals surface area contributed by atoms with Gasteiger partial charge in [0.2, 0.25) is 11.8 Å². The van der Waals surface area contributed by atoms with E-state index in [9.17, 15) is 4.79 Å². The molecule has 4 rings (SSSR count). The Morgan fingerprint density at radius 2 is 1.75 bits per heavy atom. The molecule has 0 aliphatic carbocycles. The lowest BCUT2D eigenvalue weighted by Gasteiger charge is -2.15. The lowest BCUT2D eigenvalue weighted by molar-refractivity contribution is 0.290. The van der Waals surface area contributed by atoms with Gasteiger partial charge < -0.3 is 9.47 Å². The summed E-state index contributed by atoms with van der Waals surface area (Å²) in [6, 6.07) is 13.3. The number of benzene rings is 1. The third-order valence-electron chi connectivity index (χ3n) is 5.25. The van der Waals surface area contributed by atoms with E-state index in [1.807, 2.05) is 57.2 Å². The van der Waals surface area contributed by atoms with Gasteiger partial charge in [-0.25, -0.2) is 14.8 Å². The molecular formula is C23H24N6O3. The van der Waals surface area contributed by atoms with E-state index in [0.29, 0.717) is 17.4 Å². The van der Waals surface area contributed by atoms with Crippen molar-refractivity contribution in [2.24, 2.45) is 7.05 Å². The molecule has 0 aliphatic rings. The molecule has 0 fully saturated rings. The van der Waals surface area contributed by atoms with Crippen molar-refractivity contribution in [3.05, 3.63) is 75.3 Å². The zero-order valence-electron chi connectivity index (χ0n) is 18.7. The maximum absolute atomic E-state index is 12.4. The van der Waals surface area contributed by atoms with Gasteiger partial charge in [-0.15, -0.1) is 0 Å². The Morgan fingerprint density at radius 3 is 2.47 bits per heavy atom. The number of nitrogens with zero attached hydrogens (tertiary/aromatic N) is 6. The van der Waals surface area contributed by atoms with E-state index in [1.165, 1.54) is 9.36 Å². The Bertz CT molecular complexity index is 1340. The van der Waals surface area contributed by atoms with Crippen molar-refractivity contribution in [2.75, 3.05) is 7.11 Å². The molecule has 0 unspecified atom stereocenters. The van der Waals surface area contributed by atoms with Crippen molar-refractivity contribution < 1.29 is 9.47 Å². The van der Waals surface area contributed by atoms with Crippen molar-refractivity contribution in [3.8, 4) is 28.7 Å². The number of methoxy groups -OCH3 is 1.